The molecule has 1 aliphatic heterocycles. The van der Waals surface area contributed by atoms with Gasteiger partial charge in [0, 0.05) is 13.1 Å². The van der Waals surface area contributed by atoms with Gasteiger partial charge >= 0.3 is 0 Å². The van der Waals surface area contributed by atoms with E-state index in [1.54, 1.807) is 0 Å². The molecule has 3 nitrogen and oxygen atoms in total. The summed E-state index contributed by atoms with van der Waals surface area (Å²) in [4.78, 5) is 2.37. The van der Waals surface area contributed by atoms with Crippen molar-refractivity contribution < 1.29 is 5.11 Å². The van der Waals surface area contributed by atoms with E-state index in [0.29, 0.717) is 10.9 Å². The standard InChI is InChI=1S/C14H20ClNO.C2H7N/c1-3-4-11-9-16(2)6-5-10-7-13(15)14(17)8-12(10)11;1-3-2/h7-8,11,17H,3-6,9H2,1-2H3;3H,1-2H3. The molecule has 0 fully saturated rings. The number of benzene rings is 1. The van der Waals surface area contributed by atoms with E-state index in [-0.39, 0.29) is 5.75 Å². The molecule has 0 bridgehead atoms. The van der Waals surface area contributed by atoms with Crippen molar-refractivity contribution in [2.75, 3.05) is 34.2 Å². The van der Waals surface area contributed by atoms with Crippen LogP contribution in [0.5, 0.6) is 5.75 Å². The Balaban J connectivity index is 0.000000612. The highest BCUT2D eigenvalue weighted by atomic mass is 35.5. The first-order valence-electron chi connectivity index (χ1n) is 7.31. The van der Waals surface area contributed by atoms with Crippen LogP contribution >= 0.6 is 11.6 Å². The Morgan fingerprint density at radius 3 is 2.65 bits per heavy atom. The van der Waals surface area contributed by atoms with Gasteiger partial charge in [-0.3, -0.25) is 0 Å². The molecule has 2 N–H and O–H groups in total. The van der Waals surface area contributed by atoms with Crippen LogP contribution in [0.3, 0.4) is 0 Å². The van der Waals surface area contributed by atoms with E-state index in [4.69, 9.17) is 11.6 Å². The molecule has 1 atom stereocenters. The summed E-state index contributed by atoms with van der Waals surface area (Å²) in [5, 5.41) is 13.0. The van der Waals surface area contributed by atoms with Crippen molar-refractivity contribution in [1.29, 1.82) is 0 Å². The zero-order valence-corrected chi connectivity index (χ0v) is 13.8. The minimum Gasteiger partial charge on any atom is -0.506 e. The van der Waals surface area contributed by atoms with Gasteiger partial charge in [-0.25, -0.2) is 0 Å². The summed E-state index contributed by atoms with van der Waals surface area (Å²) < 4.78 is 0. The fraction of sp³-hybridized carbons (Fsp3) is 0.625. The predicted molar refractivity (Wildman–Crippen MR) is 87.0 cm³/mol. The van der Waals surface area contributed by atoms with E-state index in [1.807, 2.05) is 26.2 Å². The highest BCUT2D eigenvalue weighted by molar-refractivity contribution is 6.32. The van der Waals surface area contributed by atoms with Crippen LogP contribution in [0.4, 0.5) is 0 Å². The minimum absolute atomic E-state index is 0.219. The highest BCUT2D eigenvalue weighted by Gasteiger charge is 2.22. The van der Waals surface area contributed by atoms with Crippen LogP contribution in [0, 0.1) is 0 Å². The Morgan fingerprint density at radius 1 is 1.40 bits per heavy atom. The molecule has 1 aromatic carbocycles. The molecule has 4 heteroatoms. The number of aromatic hydroxyl groups is 1. The smallest absolute Gasteiger partial charge is 0.134 e. The van der Waals surface area contributed by atoms with E-state index in [9.17, 15) is 5.11 Å². The molecule has 0 radical (unpaired) electrons. The molecule has 0 saturated heterocycles. The van der Waals surface area contributed by atoms with Crippen molar-refractivity contribution in [3.05, 3.63) is 28.3 Å². The quantitative estimate of drug-likeness (QED) is 0.880. The molecule has 1 aromatic rings. The Labute approximate surface area is 127 Å². The molecule has 114 valence electrons. The number of nitrogens with one attached hydrogen (secondary N) is 1. The van der Waals surface area contributed by atoms with Gasteiger partial charge in [0.2, 0.25) is 0 Å². The van der Waals surface area contributed by atoms with Gasteiger partial charge in [-0.15, -0.1) is 0 Å². The van der Waals surface area contributed by atoms with Crippen LogP contribution in [0.2, 0.25) is 5.02 Å². The molecule has 1 unspecified atom stereocenters. The van der Waals surface area contributed by atoms with Gasteiger partial charge < -0.3 is 15.3 Å². The number of phenols is 1. The molecular weight excluding hydrogens is 272 g/mol. The van der Waals surface area contributed by atoms with E-state index < -0.39 is 0 Å². The lowest BCUT2D eigenvalue weighted by Gasteiger charge is -2.21. The Bertz CT molecular complexity index is 423. The minimum atomic E-state index is 0.219. The molecule has 0 saturated carbocycles. The number of hydrogen-bond donors (Lipinski definition) is 2. The van der Waals surface area contributed by atoms with Gasteiger partial charge in [-0.2, -0.15) is 0 Å². The fourth-order valence-corrected chi connectivity index (χ4v) is 2.87. The van der Waals surface area contributed by atoms with Gasteiger partial charge in [0.25, 0.3) is 0 Å². The number of halogens is 1. The third-order valence-electron chi connectivity index (χ3n) is 3.58. The van der Waals surface area contributed by atoms with E-state index in [0.717, 1.165) is 19.5 Å². The van der Waals surface area contributed by atoms with E-state index in [2.05, 4.69) is 24.2 Å². The molecule has 0 spiro atoms. The third-order valence-corrected chi connectivity index (χ3v) is 3.88. The van der Waals surface area contributed by atoms with Crippen molar-refractivity contribution in [3.8, 4) is 5.75 Å². The number of nitrogens with zero attached hydrogens (tertiary/aromatic N) is 1. The Kier molecular flexibility index (Phi) is 7.35. The molecule has 20 heavy (non-hydrogen) atoms. The summed E-state index contributed by atoms with van der Waals surface area (Å²) in [5.74, 6) is 0.738. The van der Waals surface area contributed by atoms with E-state index >= 15 is 0 Å². The van der Waals surface area contributed by atoms with Gasteiger partial charge in [0.15, 0.2) is 0 Å². The average molecular weight is 299 g/mol. The summed E-state index contributed by atoms with van der Waals surface area (Å²) in [5.41, 5.74) is 2.59. The molecular formula is C16H27ClN2O. The van der Waals surface area contributed by atoms with Gasteiger partial charge in [0.1, 0.15) is 5.75 Å². The molecule has 0 amide bonds. The van der Waals surface area contributed by atoms with Gasteiger partial charge in [0.05, 0.1) is 5.02 Å². The van der Waals surface area contributed by atoms with Crippen molar-refractivity contribution in [2.45, 2.75) is 32.1 Å². The number of likely N-dealkylation sites (N-methyl/N-ethyl adjacent to an activating group) is 1. The van der Waals surface area contributed by atoms with Crippen molar-refractivity contribution >= 4 is 11.6 Å². The fourth-order valence-electron chi connectivity index (χ4n) is 2.69. The average Bonchev–Trinajstić information content (AvgIpc) is 2.53. The highest BCUT2D eigenvalue weighted by Crippen LogP contribution is 2.35. The first-order valence-corrected chi connectivity index (χ1v) is 7.69. The predicted octanol–water partition coefficient (Wildman–Crippen LogP) is 3.25. The summed E-state index contributed by atoms with van der Waals surface area (Å²) in [6, 6.07) is 3.81. The lowest BCUT2D eigenvalue weighted by molar-refractivity contribution is 0.318. The molecule has 1 aliphatic rings. The van der Waals surface area contributed by atoms with Gasteiger partial charge in [-0.05, 0) is 63.2 Å². The molecule has 1 heterocycles. The van der Waals surface area contributed by atoms with Crippen LogP contribution in [0.15, 0.2) is 12.1 Å². The topological polar surface area (TPSA) is 35.5 Å². The van der Waals surface area contributed by atoms with Crippen LogP contribution in [-0.4, -0.2) is 44.2 Å². The maximum Gasteiger partial charge on any atom is 0.134 e. The van der Waals surface area contributed by atoms with Crippen LogP contribution in [0.25, 0.3) is 0 Å². The van der Waals surface area contributed by atoms with Gasteiger partial charge in [-0.1, -0.05) is 24.9 Å². The molecule has 0 aromatic heterocycles. The zero-order chi connectivity index (χ0) is 15.1. The lowest BCUT2D eigenvalue weighted by atomic mass is 9.90. The number of hydrogen-bond acceptors (Lipinski definition) is 3. The van der Waals surface area contributed by atoms with Crippen LogP contribution < -0.4 is 5.32 Å². The summed E-state index contributed by atoms with van der Waals surface area (Å²) in [6.45, 7) is 4.34. The molecule has 0 aliphatic carbocycles. The van der Waals surface area contributed by atoms with Crippen molar-refractivity contribution in [1.82, 2.24) is 10.2 Å². The first kappa shape index (κ1) is 17.3. The maximum absolute atomic E-state index is 9.77. The van der Waals surface area contributed by atoms with Crippen molar-refractivity contribution in [3.63, 3.8) is 0 Å². The second-order valence-electron chi connectivity index (χ2n) is 5.50. The largest absolute Gasteiger partial charge is 0.506 e. The Morgan fingerprint density at radius 2 is 2.05 bits per heavy atom. The lowest BCUT2D eigenvalue weighted by Crippen LogP contribution is -2.23. The van der Waals surface area contributed by atoms with Crippen LogP contribution in [0.1, 0.15) is 36.8 Å². The maximum atomic E-state index is 9.77. The molecule has 2 rings (SSSR count). The second kappa shape index (κ2) is 8.50. The SMILES string of the molecule is CCCC1CN(C)CCc2cc(Cl)c(O)cc21.CNC. The monoisotopic (exact) mass is 298 g/mol. The summed E-state index contributed by atoms with van der Waals surface area (Å²) in [7, 11) is 5.91. The number of phenolic OH excluding ortho intramolecular Hbond substituents is 1. The first-order chi connectivity index (χ1) is 9.53. The Hall–Kier alpha value is -0.770. The summed E-state index contributed by atoms with van der Waals surface area (Å²) >= 11 is 6.00. The second-order valence-corrected chi connectivity index (χ2v) is 5.91. The number of rotatable bonds is 2. The normalized spacial score (nSPS) is 18.8. The summed E-state index contributed by atoms with van der Waals surface area (Å²) in [6.07, 6.45) is 3.35. The third kappa shape index (κ3) is 4.65. The number of fused-ring (bicyclic) bond motifs is 1. The van der Waals surface area contributed by atoms with E-state index in [1.165, 1.54) is 24.0 Å². The van der Waals surface area contributed by atoms with Crippen LogP contribution in [-0.2, 0) is 6.42 Å². The zero-order valence-electron chi connectivity index (χ0n) is 13.0. The van der Waals surface area contributed by atoms with Crippen molar-refractivity contribution in [2.24, 2.45) is 0 Å².